The summed E-state index contributed by atoms with van der Waals surface area (Å²) in [4.78, 5) is 57.1. The Balaban J connectivity index is 0.778. The normalized spacial score (nSPS) is 22.5. The number of piperidine rings is 2. The monoisotopic (exact) mass is 855 g/mol. The molecule has 5 aromatic rings. The number of pyridine rings is 1. The standard InChI is InChI=1S/C45H52F3N9O5/c1-43(2,62)30-21-33-27(20-34(30)51-40(59)32-7-5-9-37(50-32)45(46,47)48)25-56(53-33)29-12-10-26(11-13-29)24-55-18-16-44(17-19-55)22-28(23-44)49-31-6-4-8-35-39(31)54(3)42(61)57(35)36-14-15-38(58)52-41(36)60/h4-9,20-21,25-26,28-29,36,49,62H,10-19,22-24H2,1-3H3,(H,51,59)(H,52,58,60). The molecule has 1 unspecified atom stereocenters. The van der Waals surface area contributed by atoms with Gasteiger partial charge in [0.2, 0.25) is 11.8 Å². The Morgan fingerprint density at radius 1 is 0.968 bits per heavy atom. The van der Waals surface area contributed by atoms with Crippen molar-refractivity contribution in [1.29, 1.82) is 0 Å². The number of rotatable bonds is 9. The second-order valence-corrected chi connectivity index (χ2v) is 18.6. The first-order chi connectivity index (χ1) is 29.4. The van der Waals surface area contributed by atoms with Crippen LogP contribution in [0.4, 0.5) is 24.5 Å². The Bertz CT molecular complexity index is 2620. The SMILES string of the molecule is Cn1c(=O)n(C2CCC(=O)NC2=O)c2cccc(NC3CC4(CCN(CC5CCC(n6cc7cc(NC(=O)c8cccc(C(F)(F)F)n8)c(C(C)(C)O)cc7n6)CC5)CC4)C3)c21. The third kappa shape index (κ3) is 8.00. The minimum atomic E-state index is -4.69. The molecule has 0 bridgehead atoms. The van der Waals surface area contributed by atoms with Gasteiger partial charge in [-0.05, 0) is 132 Å². The molecule has 1 spiro atoms. The number of aliphatic hydroxyl groups is 1. The van der Waals surface area contributed by atoms with Crippen molar-refractivity contribution in [2.24, 2.45) is 18.4 Å². The summed E-state index contributed by atoms with van der Waals surface area (Å²) in [5, 5.41) is 25.4. The van der Waals surface area contributed by atoms with Crippen LogP contribution < -0.4 is 21.6 Å². The topological polar surface area (TPSA) is 168 Å². The van der Waals surface area contributed by atoms with E-state index in [0.717, 1.165) is 99.7 Å². The lowest BCUT2D eigenvalue weighted by Gasteiger charge is -2.53. The molecule has 4 fully saturated rings. The van der Waals surface area contributed by atoms with Gasteiger partial charge in [0, 0.05) is 48.9 Å². The number of benzene rings is 2. The number of imidazole rings is 1. The second-order valence-electron chi connectivity index (χ2n) is 18.6. The Morgan fingerprint density at radius 2 is 1.69 bits per heavy atom. The zero-order valence-electron chi connectivity index (χ0n) is 35.1. The van der Waals surface area contributed by atoms with Crippen LogP contribution in [0.1, 0.15) is 112 Å². The van der Waals surface area contributed by atoms with Gasteiger partial charge in [-0.15, -0.1) is 0 Å². The Morgan fingerprint density at radius 3 is 2.39 bits per heavy atom. The first kappa shape index (κ1) is 41.8. The highest BCUT2D eigenvalue weighted by atomic mass is 19.4. The lowest BCUT2D eigenvalue weighted by molar-refractivity contribution is -0.141. The predicted octanol–water partition coefficient (Wildman–Crippen LogP) is 6.65. The maximum atomic E-state index is 13.4. The van der Waals surface area contributed by atoms with Crippen molar-refractivity contribution in [3.8, 4) is 0 Å². The maximum Gasteiger partial charge on any atom is 0.433 e. The number of alkyl halides is 3. The molecular weight excluding hydrogens is 804 g/mol. The van der Waals surface area contributed by atoms with Gasteiger partial charge in [0.25, 0.3) is 5.91 Å². The van der Waals surface area contributed by atoms with E-state index in [4.69, 9.17) is 5.10 Å². The zero-order valence-corrected chi connectivity index (χ0v) is 35.1. The number of nitrogens with zero attached hydrogens (tertiary/aromatic N) is 6. The average Bonchev–Trinajstić information content (AvgIpc) is 3.75. The van der Waals surface area contributed by atoms with Crippen LogP contribution in [-0.2, 0) is 28.4 Å². The molecule has 4 N–H and O–H groups in total. The van der Waals surface area contributed by atoms with Gasteiger partial charge >= 0.3 is 11.9 Å². The number of amides is 3. The zero-order chi connectivity index (χ0) is 43.7. The molecular formula is C45H52F3N9O5. The molecule has 2 aliphatic heterocycles. The molecule has 2 saturated heterocycles. The minimum absolute atomic E-state index is 0.199. The number of carbonyl (C=O) groups is 3. The number of anilines is 2. The highest BCUT2D eigenvalue weighted by Gasteiger charge is 2.46. The molecule has 2 saturated carbocycles. The van der Waals surface area contributed by atoms with Crippen LogP contribution in [0.25, 0.3) is 21.9 Å². The molecule has 62 heavy (non-hydrogen) atoms. The van der Waals surface area contributed by atoms with Crippen molar-refractivity contribution in [3.05, 3.63) is 82.2 Å². The van der Waals surface area contributed by atoms with Crippen LogP contribution in [-0.4, -0.2) is 77.3 Å². The number of para-hydroxylation sites is 1. The molecule has 2 aliphatic carbocycles. The van der Waals surface area contributed by atoms with Crippen LogP contribution in [0.3, 0.4) is 0 Å². The van der Waals surface area contributed by atoms with Crippen LogP contribution >= 0.6 is 0 Å². The summed E-state index contributed by atoms with van der Waals surface area (Å²) < 4.78 is 44.9. The van der Waals surface area contributed by atoms with Crippen LogP contribution in [0.5, 0.6) is 0 Å². The van der Waals surface area contributed by atoms with E-state index in [1.54, 1.807) is 37.6 Å². The highest BCUT2D eigenvalue weighted by Crippen LogP contribution is 2.50. The van der Waals surface area contributed by atoms with Gasteiger partial charge in [0.05, 0.1) is 33.9 Å². The summed E-state index contributed by atoms with van der Waals surface area (Å²) in [5.74, 6) is -0.975. The number of hydrogen-bond donors (Lipinski definition) is 4. The molecule has 3 amide bonds. The number of nitrogens with one attached hydrogen (secondary N) is 3. The quantitative estimate of drug-likeness (QED) is 0.119. The van der Waals surface area contributed by atoms with Crippen molar-refractivity contribution < 1.29 is 32.7 Å². The van der Waals surface area contributed by atoms with Gasteiger partial charge in [0.1, 0.15) is 17.4 Å². The molecule has 5 heterocycles. The predicted molar refractivity (Wildman–Crippen MR) is 227 cm³/mol. The number of imide groups is 1. The Hall–Kier alpha value is -5.55. The third-order valence-electron chi connectivity index (χ3n) is 13.8. The van der Waals surface area contributed by atoms with E-state index in [-0.39, 0.29) is 35.4 Å². The first-order valence-electron chi connectivity index (χ1n) is 21.6. The molecule has 0 radical (unpaired) electrons. The lowest BCUT2D eigenvalue weighted by Crippen LogP contribution is -2.52. The Labute approximate surface area is 355 Å². The number of aryl methyl sites for hydroxylation is 1. The molecule has 17 heteroatoms. The van der Waals surface area contributed by atoms with Gasteiger partial charge < -0.3 is 20.6 Å². The summed E-state index contributed by atoms with van der Waals surface area (Å²) in [6.07, 6.45) is 6.30. The molecule has 4 aliphatic rings. The minimum Gasteiger partial charge on any atom is -0.386 e. The number of likely N-dealkylation sites (tertiary alicyclic amines) is 1. The van der Waals surface area contributed by atoms with E-state index in [1.165, 1.54) is 10.6 Å². The van der Waals surface area contributed by atoms with Crippen molar-refractivity contribution in [2.75, 3.05) is 30.3 Å². The first-order valence-corrected chi connectivity index (χ1v) is 21.6. The van der Waals surface area contributed by atoms with Gasteiger partial charge in [-0.3, -0.25) is 33.5 Å². The van der Waals surface area contributed by atoms with Crippen molar-refractivity contribution in [1.82, 2.24) is 34.1 Å². The number of fused-ring (bicyclic) bond motifs is 2. The fraction of sp³-hybridized carbons (Fsp3) is 0.511. The maximum absolute atomic E-state index is 13.4. The average molecular weight is 856 g/mol. The molecule has 328 valence electrons. The molecule has 3 aromatic heterocycles. The molecule has 14 nitrogen and oxygen atoms in total. The second kappa shape index (κ2) is 15.7. The lowest BCUT2D eigenvalue weighted by atomic mass is 9.60. The van der Waals surface area contributed by atoms with Gasteiger partial charge in [-0.2, -0.15) is 18.3 Å². The molecule has 1 atom stereocenters. The van der Waals surface area contributed by atoms with Gasteiger partial charge in [0.15, 0.2) is 0 Å². The molecule has 2 aromatic carbocycles. The van der Waals surface area contributed by atoms with E-state index in [1.807, 2.05) is 29.1 Å². The van der Waals surface area contributed by atoms with E-state index in [9.17, 15) is 37.5 Å². The van der Waals surface area contributed by atoms with Crippen molar-refractivity contribution in [2.45, 2.75) is 108 Å². The van der Waals surface area contributed by atoms with Crippen LogP contribution in [0.15, 0.2) is 59.5 Å². The third-order valence-corrected chi connectivity index (χ3v) is 13.8. The smallest absolute Gasteiger partial charge is 0.386 e. The Kier molecular flexibility index (Phi) is 10.6. The van der Waals surface area contributed by atoms with E-state index >= 15 is 0 Å². The highest BCUT2D eigenvalue weighted by molar-refractivity contribution is 6.04. The van der Waals surface area contributed by atoms with Crippen molar-refractivity contribution in [3.63, 3.8) is 0 Å². The largest absolute Gasteiger partial charge is 0.433 e. The summed E-state index contributed by atoms with van der Waals surface area (Å²) in [5.41, 5.74) is 0.774. The summed E-state index contributed by atoms with van der Waals surface area (Å²) in [7, 11) is 1.73. The van der Waals surface area contributed by atoms with E-state index in [2.05, 4.69) is 25.8 Å². The number of carbonyl (C=O) groups excluding carboxylic acids is 3. The number of halogens is 3. The molecule has 9 rings (SSSR count). The summed E-state index contributed by atoms with van der Waals surface area (Å²) in [6, 6.07) is 12.1. The number of aromatic nitrogens is 5. The van der Waals surface area contributed by atoms with Gasteiger partial charge in [-0.1, -0.05) is 12.1 Å². The number of hydrogen-bond acceptors (Lipinski definition) is 9. The van der Waals surface area contributed by atoms with Crippen LogP contribution in [0.2, 0.25) is 0 Å². The summed E-state index contributed by atoms with van der Waals surface area (Å²) >= 11 is 0. The van der Waals surface area contributed by atoms with E-state index in [0.29, 0.717) is 40.4 Å². The summed E-state index contributed by atoms with van der Waals surface area (Å²) in [6.45, 7) is 6.37. The van der Waals surface area contributed by atoms with Gasteiger partial charge in [-0.25, -0.2) is 9.78 Å². The van der Waals surface area contributed by atoms with Crippen molar-refractivity contribution >= 4 is 51.0 Å². The fourth-order valence-corrected chi connectivity index (χ4v) is 10.5. The van der Waals surface area contributed by atoms with Crippen LogP contribution in [0, 0.1) is 11.3 Å². The van der Waals surface area contributed by atoms with E-state index < -0.39 is 35.3 Å². The fourth-order valence-electron chi connectivity index (χ4n) is 10.5.